The van der Waals surface area contributed by atoms with E-state index in [1.807, 2.05) is 11.0 Å². The van der Waals surface area contributed by atoms with Crippen molar-refractivity contribution < 1.29 is 28.7 Å². The van der Waals surface area contributed by atoms with Gasteiger partial charge in [-0.1, -0.05) is 35.0 Å². The Bertz CT molecular complexity index is 1830. The molecule has 45 heavy (non-hydrogen) atoms. The van der Waals surface area contributed by atoms with Gasteiger partial charge in [-0.05, 0) is 60.0 Å². The van der Waals surface area contributed by atoms with Gasteiger partial charge in [0.15, 0.2) is 11.5 Å². The molecule has 0 saturated carbocycles. The van der Waals surface area contributed by atoms with Crippen LogP contribution in [-0.4, -0.2) is 86.8 Å². The maximum Gasteiger partial charge on any atom is 0.335 e. The van der Waals surface area contributed by atoms with Crippen molar-refractivity contribution in [3.8, 4) is 5.69 Å². The molecule has 3 aromatic carbocycles. The van der Waals surface area contributed by atoms with E-state index in [-0.39, 0.29) is 41.0 Å². The maximum absolute atomic E-state index is 14.7. The molecule has 1 atom stereocenters. The quantitative estimate of drug-likeness (QED) is 0.330. The summed E-state index contributed by atoms with van der Waals surface area (Å²) in [5, 5.41) is 19.8. The lowest BCUT2D eigenvalue weighted by Gasteiger charge is -2.40. The average Bonchev–Trinajstić information content (AvgIpc) is 3.53. The number of hydrogen-bond acceptors (Lipinski definition) is 7. The van der Waals surface area contributed by atoms with Crippen molar-refractivity contribution >= 4 is 46.7 Å². The highest BCUT2D eigenvalue weighted by Crippen LogP contribution is 2.37. The number of benzene rings is 3. The van der Waals surface area contributed by atoms with E-state index in [9.17, 15) is 28.7 Å². The van der Waals surface area contributed by atoms with Gasteiger partial charge in [0, 0.05) is 38.1 Å². The second-order valence-corrected chi connectivity index (χ2v) is 11.1. The Morgan fingerprint density at radius 1 is 1.00 bits per heavy atom. The summed E-state index contributed by atoms with van der Waals surface area (Å²) in [6, 6.07) is 14.4. The highest BCUT2D eigenvalue weighted by molar-refractivity contribution is 6.30. The molecule has 0 aliphatic carbocycles. The summed E-state index contributed by atoms with van der Waals surface area (Å²) in [5.74, 6) is -2.99. The third kappa shape index (κ3) is 5.69. The van der Waals surface area contributed by atoms with Crippen LogP contribution in [0, 0.1) is 5.82 Å². The Hall–Kier alpha value is -5.30. The molecule has 0 bridgehead atoms. The minimum absolute atomic E-state index is 0.00325. The minimum atomic E-state index is -1.11. The Labute approximate surface area is 261 Å². The molecule has 0 unspecified atom stereocenters. The molecule has 3 amide bonds. The first kappa shape index (κ1) is 29.8. The number of nitrogens with zero attached hydrogens (tertiary/aromatic N) is 6. The number of amides is 3. The Morgan fingerprint density at radius 3 is 2.47 bits per heavy atom. The normalized spacial score (nSPS) is 16.4. The number of nitrogens with one attached hydrogen (secondary N) is 1. The first-order valence-corrected chi connectivity index (χ1v) is 14.4. The van der Waals surface area contributed by atoms with Crippen molar-refractivity contribution in [1.82, 2.24) is 24.8 Å². The van der Waals surface area contributed by atoms with Gasteiger partial charge in [-0.2, -0.15) is 0 Å². The maximum atomic E-state index is 14.7. The van der Waals surface area contributed by atoms with Crippen LogP contribution in [0.15, 0.2) is 66.9 Å². The molecule has 1 aromatic heterocycles. The first-order chi connectivity index (χ1) is 21.6. The molecule has 230 valence electrons. The molecule has 0 radical (unpaired) electrons. The monoisotopic (exact) mass is 631 g/mol. The Morgan fingerprint density at radius 2 is 1.73 bits per heavy atom. The summed E-state index contributed by atoms with van der Waals surface area (Å²) >= 11 is 5.92. The predicted molar refractivity (Wildman–Crippen MR) is 162 cm³/mol. The van der Waals surface area contributed by atoms with E-state index in [0.29, 0.717) is 30.8 Å². The van der Waals surface area contributed by atoms with Gasteiger partial charge in [0.2, 0.25) is 5.91 Å². The number of carboxylic acid groups (broad SMARTS) is 1. The van der Waals surface area contributed by atoms with Crippen LogP contribution >= 0.6 is 11.6 Å². The van der Waals surface area contributed by atoms with Crippen LogP contribution in [0.5, 0.6) is 0 Å². The molecule has 2 aliphatic rings. The van der Waals surface area contributed by atoms with E-state index in [2.05, 4.69) is 15.6 Å². The minimum Gasteiger partial charge on any atom is -0.478 e. The third-order valence-electron chi connectivity index (χ3n) is 7.99. The van der Waals surface area contributed by atoms with Gasteiger partial charge in [0.25, 0.3) is 11.8 Å². The van der Waals surface area contributed by atoms with Crippen LogP contribution in [0.3, 0.4) is 0 Å². The smallest absolute Gasteiger partial charge is 0.335 e. The van der Waals surface area contributed by atoms with E-state index in [0.717, 1.165) is 15.9 Å². The number of carboxylic acids is 1. The largest absolute Gasteiger partial charge is 0.478 e. The molecule has 14 heteroatoms. The molecule has 1 fully saturated rings. The summed E-state index contributed by atoms with van der Waals surface area (Å²) in [4.78, 5) is 56.8. The van der Waals surface area contributed by atoms with Gasteiger partial charge in [0.1, 0.15) is 11.7 Å². The van der Waals surface area contributed by atoms with E-state index < -0.39 is 29.6 Å². The van der Waals surface area contributed by atoms with E-state index in [1.165, 1.54) is 47.5 Å². The zero-order chi connectivity index (χ0) is 31.8. The lowest BCUT2D eigenvalue weighted by Crippen LogP contribution is -2.50. The zero-order valence-corrected chi connectivity index (χ0v) is 24.7. The van der Waals surface area contributed by atoms with Gasteiger partial charge < -0.3 is 25.1 Å². The number of carbonyl (C=O) groups excluding carboxylic acids is 3. The van der Waals surface area contributed by atoms with Crippen LogP contribution in [0.4, 0.5) is 15.8 Å². The first-order valence-electron chi connectivity index (χ1n) is 14.0. The summed E-state index contributed by atoms with van der Waals surface area (Å²) in [7, 11) is 1.75. The molecule has 3 heterocycles. The van der Waals surface area contributed by atoms with Crippen molar-refractivity contribution in [3.63, 3.8) is 0 Å². The van der Waals surface area contributed by atoms with Gasteiger partial charge in [-0.3, -0.25) is 14.4 Å². The highest BCUT2D eigenvalue weighted by atomic mass is 35.5. The molecular formula is C31H27ClFN7O5. The number of carbonyl (C=O) groups is 4. The standard InChI is InChI=1S/C31H27ClFN7O5/c1-37-14-15-38(17-26(37)41)24-6-2-4-21-20(24)12-13-39(28(21)29(42)34-19-10-8-18(9-11-19)31(44)45)30(43)23-16-40(36-35-23)25-7-3-5-22(32)27(25)33/h2-11,16,28H,12-15,17H2,1H3,(H,34,42)(H,44,45)/t28-/m1/s1. The number of likely N-dealkylation sites (N-methyl/N-ethyl adjacent to an activating group) is 1. The lowest BCUT2D eigenvalue weighted by atomic mass is 9.89. The number of hydrogen-bond donors (Lipinski definition) is 2. The molecule has 1 saturated heterocycles. The van der Waals surface area contributed by atoms with E-state index in [1.54, 1.807) is 30.1 Å². The third-order valence-corrected chi connectivity index (χ3v) is 8.29. The molecule has 0 spiro atoms. The second-order valence-electron chi connectivity index (χ2n) is 10.7. The van der Waals surface area contributed by atoms with Crippen molar-refractivity contribution in [2.75, 3.05) is 43.4 Å². The number of halogens is 2. The number of fused-ring (bicyclic) bond motifs is 1. The molecule has 2 N–H and O–H groups in total. The molecule has 6 rings (SSSR count). The highest BCUT2D eigenvalue weighted by Gasteiger charge is 2.39. The van der Waals surface area contributed by atoms with Crippen molar-refractivity contribution in [2.45, 2.75) is 12.5 Å². The number of aromatic carboxylic acids is 1. The van der Waals surface area contributed by atoms with Crippen LogP contribution < -0.4 is 10.2 Å². The SMILES string of the molecule is CN1CCN(c2cccc3c2CCN(C(=O)c2cn(-c4cccc(Cl)c4F)nn2)[C@H]3C(=O)Nc2ccc(C(=O)O)cc2)CC1=O. The Kier molecular flexibility index (Phi) is 7.94. The lowest BCUT2D eigenvalue weighted by molar-refractivity contribution is -0.129. The zero-order valence-electron chi connectivity index (χ0n) is 24.0. The van der Waals surface area contributed by atoms with Gasteiger partial charge in [0.05, 0.1) is 23.3 Å². The summed E-state index contributed by atoms with van der Waals surface area (Å²) in [5.41, 5.74) is 2.51. The van der Waals surface area contributed by atoms with Crippen molar-refractivity contribution in [2.24, 2.45) is 0 Å². The second kappa shape index (κ2) is 12.0. The van der Waals surface area contributed by atoms with E-state index in [4.69, 9.17) is 11.6 Å². The number of anilines is 2. The number of aromatic nitrogens is 3. The fourth-order valence-electron chi connectivity index (χ4n) is 5.61. The van der Waals surface area contributed by atoms with Gasteiger partial charge >= 0.3 is 5.97 Å². The van der Waals surface area contributed by atoms with Crippen molar-refractivity contribution in [1.29, 1.82) is 0 Å². The fourth-order valence-corrected chi connectivity index (χ4v) is 5.78. The van der Waals surface area contributed by atoms with Crippen LogP contribution in [-0.2, 0) is 16.0 Å². The van der Waals surface area contributed by atoms with E-state index >= 15 is 0 Å². The number of piperazine rings is 1. The van der Waals surface area contributed by atoms with Crippen LogP contribution in [0.1, 0.15) is 38.0 Å². The summed E-state index contributed by atoms with van der Waals surface area (Å²) < 4.78 is 15.8. The topological polar surface area (TPSA) is 141 Å². The summed E-state index contributed by atoms with van der Waals surface area (Å²) in [6.45, 7) is 1.48. The van der Waals surface area contributed by atoms with Gasteiger partial charge in [-0.15, -0.1) is 5.10 Å². The molecule has 4 aromatic rings. The van der Waals surface area contributed by atoms with Crippen LogP contribution in [0.2, 0.25) is 5.02 Å². The Balaban J connectivity index is 1.36. The van der Waals surface area contributed by atoms with Crippen LogP contribution in [0.25, 0.3) is 5.69 Å². The molecule has 12 nitrogen and oxygen atoms in total. The molecule has 2 aliphatic heterocycles. The van der Waals surface area contributed by atoms with Crippen molar-refractivity contribution in [3.05, 3.63) is 100 Å². The summed E-state index contributed by atoms with van der Waals surface area (Å²) in [6.07, 6.45) is 1.67. The average molecular weight is 632 g/mol. The fraction of sp³-hybridized carbons (Fsp3) is 0.226. The predicted octanol–water partition coefficient (Wildman–Crippen LogP) is 3.41. The van der Waals surface area contributed by atoms with Gasteiger partial charge in [-0.25, -0.2) is 13.9 Å². The number of rotatable bonds is 6. The molecular weight excluding hydrogens is 605 g/mol.